The Labute approximate surface area is 86.0 Å². The van der Waals surface area contributed by atoms with Gasteiger partial charge in [-0.2, -0.15) is 0 Å². The second-order valence-corrected chi connectivity index (χ2v) is 5.62. The van der Waals surface area contributed by atoms with Crippen molar-refractivity contribution in [2.24, 2.45) is 0 Å². The number of allylic oxidation sites excluding steroid dienone is 1. The van der Waals surface area contributed by atoms with E-state index in [1.54, 1.807) is 6.08 Å². The number of nitrogens with zero attached hydrogens (tertiary/aromatic N) is 1. The van der Waals surface area contributed by atoms with E-state index in [0.717, 1.165) is 0 Å². The largest absolute Gasteiger partial charge is 0.306 e. The van der Waals surface area contributed by atoms with Crippen LogP contribution in [0, 0.1) is 0 Å². The lowest BCUT2D eigenvalue weighted by molar-refractivity contribution is 0.368. The standard InChI is InChI=1S/C6H14NP.C3H6.C2H6/c1-7-3-5-8(2)6-4-7;1-3-2;1-2/h3-6H2,1-2H3;3H,1H2,2H3;1-2H3. The zero-order valence-corrected chi connectivity index (χ0v) is 10.9. The van der Waals surface area contributed by atoms with Crippen molar-refractivity contribution < 1.29 is 0 Å². The third-order valence-electron chi connectivity index (χ3n) is 1.73. The molecule has 1 nitrogen and oxygen atoms in total. The molecular formula is C11H26NP. The van der Waals surface area contributed by atoms with Crippen LogP contribution in [0.25, 0.3) is 0 Å². The molecule has 0 spiro atoms. The third-order valence-corrected chi connectivity index (χ3v) is 3.65. The lowest BCUT2D eigenvalue weighted by atomic mass is 10.6. The number of hydrogen-bond acceptors (Lipinski definition) is 1. The SMILES string of the molecule is C=CC.CC.CN1CCP(C)CC1. The molecule has 0 bridgehead atoms. The summed E-state index contributed by atoms with van der Waals surface area (Å²) in [6, 6.07) is 0. The van der Waals surface area contributed by atoms with Gasteiger partial charge in [-0.1, -0.05) is 19.9 Å². The van der Waals surface area contributed by atoms with Crippen LogP contribution in [0.4, 0.5) is 0 Å². The molecule has 0 unspecified atom stereocenters. The first-order valence-electron chi connectivity index (χ1n) is 5.14. The molecule has 0 atom stereocenters. The maximum atomic E-state index is 3.36. The van der Waals surface area contributed by atoms with Crippen LogP contribution in [0.5, 0.6) is 0 Å². The Balaban J connectivity index is 0. The van der Waals surface area contributed by atoms with Gasteiger partial charge < -0.3 is 4.90 Å². The van der Waals surface area contributed by atoms with Gasteiger partial charge in [-0.05, 0) is 33.0 Å². The molecule has 0 radical (unpaired) electrons. The molecule has 0 aromatic carbocycles. The van der Waals surface area contributed by atoms with E-state index in [1.165, 1.54) is 25.4 Å². The van der Waals surface area contributed by atoms with Crippen molar-refractivity contribution in [1.82, 2.24) is 4.90 Å². The van der Waals surface area contributed by atoms with Crippen molar-refractivity contribution in [3.05, 3.63) is 12.7 Å². The van der Waals surface area contributed by atoms with Crippen LogP contribution in [-0.4, -0.2) is 44.0 Å². The summed E-state index contributed by atoms with van der Waals surface area (Å²) in [5, 5.41) is 0. The molecule has 1 aliphatic heterocycles. The van der Waals surface area contributed by atoms with Crippen molar-refractivity contribution in [3.8, 4) is 0 Å². The Morgan fingerprint density at radius 1 is 1.23 bits per heavy atom. The average Bonchev–Trinajstić information content (AvgIpc) is 2.15. The van der Waals surface area contributed by atoms with Gasteiger partial charge in [0.1, 0.15) is 0 Å². The summed E-state index contributed by atoms with van der Waals surface area (Å²) < 4.78 is 0. The molecule has 2 heteroatoms. The topological polar surface area (TPSA) is 3.24 Å². The maximum absolute atomic E-state index is 3.36. The summed E-state index contributed by atoms with van der Waals surface area (Å²) in [5.41, 5.74) is 0. The molecule has 80 valence electrons. The first kappa shape index (κ1) is 15.6. The predicted octanol–water partition coefficient (Wildman–Crippen LogP) is 3.26. The molecule has 13 heavy (non-hydrogen) atoms. The molecule has 1 fully saturated rings. The van der Waals surface area contributed by atoms with E-state index < -0.39 is 0 Å². The first-order valence-corrected chi connectivity index (χ1v) is 7.30. The molecule has 1 heterocycles. The third kappa shape index (κ3) is 12.1. The summed E-state index contributed by atoms with van der Waals surface area (Å²) in [7, 11) is 2.65. The average molecular weight is 203 g/mol. The number of hydrogen-bond donors (Lipinski definition) is 0. The zero-order chi connectivity index (χ0) is 10.7. The van der Waals surface area contributed by atoms with Crippen molar-refractivity contribution in [3.63, 3.8) is 0 Å². The van der Waals surface area contributed by atoms with Gasteiger partial charge in [0, 0.05) is 13.1 Å². The number of rotatable bonds is 0. The van der Waals surface area contributed by atoms with Gasteiger partial charge in [0.15, 0.2) is 0 Å². The molecule has 0 saturated carbocycles. The Hall–Kier alpha value is 0.130. The Kier molecular flexibility index (Phi) is 14.6. The van der Waals surface area contributed by atoms with Crippen molar-refractivity contribution >= 4 is 7.92 Å². The van der Waals surface area contributed by atoms with E-state index in [-0.39, 0.29) is 0 Å². The molecule has 0 aromatic heterocycles. The van der Waals surface area contributed by atoms with Gasteiger partial charge in [0.05, 0.1) is 0 Å². The van der Waals surface area contributed by atoms with Crippen LogP contribution in [0.1, 0.15) is 20.8 Å². The quantitative estimate of drug-likeness (QED) is 0.431. The van der Waals surface area contributed by atoms with Gasteiger partial charge >= 0.3 is 0 Å². The van der Waals surface area contributed by atoms with Crippen LogP contribution >= 0.6 is 7.92 Å². The molecule has 1 aliphatic rings. The minimum atomic E-state index is 0.440. The lowest BCUT2D eigenvalue weighted by Gasteiger charge is -2.26. The van der Waals surface area contributed by atoms with Crippen LogP contribution in [0.2, 0.25) is 0 Å². The highest BCUT2D eigenvalue weighted by Gasteiger charge is 2.10. The molecule has 1 saturated heterocycles. The van der Waals surface area contributed by atoms with Gasteiger partial charge in [-0.15, -0.1) is 14.5 Å². The highest BCUT2D eigenvalue weighted by Crippen LogP contribution is 2.32. The molecule has 0 N–H and O–H groups in total. The van der Waals surface area contributed by atoms with E-state index >= 15 is 0 Å². The summed E-state index contributed by atoms with van der Waals surface area (Å²) in [6.07, 6.45) is 4.68. The van der Waals surface area contributed by atoms with Crippen molar-refractivity contribution in [1.29, 1.82) is 0 Å². The van der Waals surface area contributed by atoms with Crippen LogP contribution in [-0.2, 0) is 0 Å². The summed E-state index contributed by atoms with van der Waals surface area (Å²) in [4.78, 5) is 2.42. The molecule has 0 aliphatic carbocycles. The monoisotopic (exact) mass is 203 g/mol. The van der Waals surface area contributed by atoms with E-state index in [4.69, 9.17) is 0 Å². The normalized spacial score (nSPS) is 17.6. The fourth-order valence-electron chi connectivity index (χ4n) is 0.906. The smallest absolute Gasteiger partial charge is 0.00177 e. The minimum absolute atomic E-state index is 0.440. The molecular weight excluding hydrogens is 177 g/mol. The molecule has 0 amide bonds. The van der Waals surface area contributed by atoms with E-state index in [1.807, 2.05) is 20.8 Å². The lowest BCUT2D eigenvalue weighted by Crippen LogP contribution is -2.29. The summed E-state index contributed by atoms with van der Waals surface area (Å²) in [6.45, 7) is 14.3. The first-order chi connectivity index (χ1) is 6.20. The van der Waals surface area contributed by atoms with Gasteiger partial charge in [0.25, 0.3) is 0 Å². The predicted molar refractivity (Wildman–Crippen MR) is 67.3 cm³/mol. The van der Waals surface area contributed by atoms with E-state index in [2.05, 4.69) is 25.2 Å². The van der Waals surface area contributed by atoms with E-state index in [0.29, 0.717) is 7.92 Å². The van der Waals surface area contributed by atoms with Crippen LogP contribution in [0.3, 0.4) is 0 Å². The van der Waals surface area contributed by atoms with Crippen LogP contribution < -0.4 is 0 Å². The summed E-state index contributed by atoms with van der Waals surface area (Å²) >= 11 is 0. The Morgan fingerprint density at radius 2 is 1.54 bits per heavy atom. The zero-order valence-electron chi connectivity index (χ0n) is 10.0. The fourth-order valence-corrected chi connectivity index (χ4v) is 2.50. The fraction of sp³-hybridized carbons (Fsp3) is 0.818. The maximum Gasteiger partial charge on any atom is 0.00177 e. The minimum Gasteiger partial charge on any atom is -0.306 e. The summed E-state index contributed by atoms with van der Waals surface area (Å²) in [5.74, 6) is 0. The van der Waals surface area contributed by atoms with E-state index in [9.17, 15) is 0 Å². The van der Waals surface area contributed by atoms with Gasteiger partial charge in [0.2, 0.25) is 0 Å². The highest BCUT2D eigenvalue weighted by atomic mass is 31.1. The Morgan fingerprint density at radius 3 is 1.77 bits per heavy atom. The van der Waals surface area contributed by atoms with Crippen molar-refractivity contribution in [2.45, 2.75) is 20.8 Å². The van der Waals surface area contributed by atoms with Crippen molar-refractivity contribution in [2.75, 3.05) is 39.1 Å². The second kappa shape index (κ2) is 12.1. The highest BCUT2D eigenvalue weighted by molar-refractivity contribution is 7.56. The van der Waals surface area contributed by atoms with Crippen LogP contribution in [0.15, 0.2) is 12.7 Å². The second-order valence-electron chi connectivity index (χ2n) is 3.01. The molecule has 0 aromatic rings. The van der Waals surface area contributed by atoms with Gasteiger partial charge in [-0.25, -0.2) is 0 Å². The Bertz CT molecular complexity index is 86.3. The molecule has 1 rings (SSSR count). The van der Waals surface area contributed by atoms with Gasteiger partial charge in [-0.3, -0.25) is 0 Å².